The molecule has 1 aromatic heterocycles. The summed E-state index contributed by atoms with van der Waals surface area (Å²) >= 11 is 0. The zero-order valence-electron chi connectivity index (χ0n) is 13.0. The third kappa shape index (κ3) is 2.48. The standard InChI is InChI=1S/C17H24N2Si/c1-19-9-7-13(8-10-19)16-12-18-17-6-5-14(11-15(16)17)20(2,3)4/h5-7,11-12,18H,8-10H2,1-4H3. The maximum absolute atomic E-state index is 3.44. The van der Waals surface area contributed by atoms with Crippen LogP contribution < -0.4 is 5.19 Å². The Morgan fingerprint density at radius 2 is 2.00 bits per heavy atom. The molecule has 3 rings (SSSR count). The fourth-order valence-corrected chi connectivity index (χ4v) is 4.03. The lowest BCUT2D eigenvalue weighted by Crippen LogP contribution is -2.37. The second-order valence-electron chi connectivity index (χ2n) is 6.95. The highest BCUT2D eigenvalue weighted by atomic mass is 28.3. The molecule has 1 N–H and O–H groups in total. The normalized spacial score (nSPS) is 17.5. The lowest BCUT2D eigenvalue weighted by molar-refractivity contribution is 0.370. The topological polar surface area (TPSA) is 19.0 Å². The number of aromatic nitrogens is 1. The molecule has 3 heteroatoms. The van der Waals surface area contributed by atoms with E-state index < -0.39 is 8.07 Å². The number of aromatic amines is 1. The molecular formula is C17H24N2Si. The zero-order valence-corrected chi connectivity index (χ0v) is 14.0. The molecule has 0 spiro atoms. The van der Waals surface area contributed by atoms with Crippen LogP contribution >= 0.6 is 0 Å². The summed E-state index contributed by atoms with van der Waals surface area (Å²) in [6.07, 6.45) is 5.73. The summed E-state index contributed by atoms with van der Waals surface area (Å²) < 4.78 is 0. The van der Waals surface area contributed by atoms with E-state index >= 15 is 0 Å². The van der Waals surface area contributed by atoms with Crippen LogP contribution in [0, 0.1) is 0 Å². The highest BCUT2D eigenvalue weighted by molar-refractivity contribution is 6.88. The Balaban J connectivity index is 2.08. The number of hydrogen-bond acceptors (Lipinski definition) is 1. The van der Waals surface area contributed by atoms with E-state index in [4.69, 9.17) is 0 Å². The van der Waals surface area contributed by atoms with Crippen molar-refractivity contribution in [2.45, 2.75) is 26.1 Å². The predicted molar refractivity (Wildman–Crippen MR) is 91.4 cm³/mol. The van der Waals surface area contributed by atoms with Crippen LogP contribution in [-0.4, -0.2) is 38.1 Å². The number of rotatable bonds is 2. The van der Waals surface area contributed by atoms with Crippen LogP contribution in [0.1, 0.15) is 12.0 Å². The van der Waals surface area contributed by atoms with E-state index in [1.807, 2.05) is 0 Å². The van der Waals surface area contributed by atoms with E-state index in [1.165, 1.54) is 22.0 Å². The van der Waals surface area contributed by atoms with Crippen LogP contribution in [0.2, 0.25) is 19.6 Å². The van der Waals surface area contributed by atoms with Gasteiger partial charge in [0.2, 0.25) is 0 Å². The van der Waals surface area contributed by atoms with E-state index in [-0.39, 0.29) is 0 Å². The van der Waals surface area contributed by atoms with Gasteiger partial charge in [0, 0.05) is 35.8 Å². The molecule has 0 saturated carbocycles. The van der Waals surface area contributed by atoms with Crippen molar-refractivity contribution in [1.29, 1.82) is 0 Å². The molecule has 0 fully saturated rings. The summed E-state index contributed by atoms with van der Waals surface area (Å²) in [6, 6.07) is 6.98. The van der Waals surface area contributed by atoms with Crippen molar-refractivity contribution >= 4 is 29.7 Å². The summed E-state index contributed by atoms with van der Waals surface area (Å²) in [4.78, 5) is 5.80. The van der Waals surface area contributed by atoms with Crippen LogP contribution in [0.3, 0.4) is 0 Å². The van der Waals surface area contributed by atoms with Gasteiger partial charge in [-0.25, -0.2) is 0 Å². The van der Waals surface area contributed by atoms with Gasteiger partial charge in [0.25, 0.3) is 0 Å². The van der Waals surface area contributed by atoms with Gasteiger partial charge in [0.05, 0.1) is 8.07 Å². The van der Waals surface area contributed by atoms with Crippen LogP contribution in [0.4, 0.5) is 0 Å². The molecule has 1 aliphatic heterocycles. The second kappa shape index (κ2) is 4.90. The molecule has 0 unspecified atom stereocenters. The van der Waals surface area contributed by atoms with Gasteiger partial charge >= 0.3 is 0 Å². The summed E-state index contributed by atoms with van der Waals surface area (Å²) in [5, 5.41) is 2.94. The number of benzene rings is 1. The first kappa shape index (κ1) is 13.7. The van der Waals surface area contributed by atoms with Crippen LogP contribution in [0.25, 0.3) is 16.5 Å². The van der Waals surface area contributed by atoms with E-state index in [0.29, 0.717) is 0 Å². The van der Waals surface area contributed by atoms with E-state index in [1.54, 1.807) is 5.19 Å². The first-order valence-electron chi connectivity index (χ1n) is 7.45. The fourth-order valence-electron chi connectivity index (χ4n) is 2.87. The number of likely N-dealkylation sites (N-methyl/N-ethyl adjacent to an activating group) is 1. The van der Waals surface area contributed by atoms with E-state index in [2.05, 4.69) is 67.0 Å². The van der Waals surface area contributed by atoms with Gasteiger partial charge in [-0.05, 0) is 25.1 Å². The third-order valence-corrected chi connectivity index (χ3v) is 6.35. The fraction of sp³-hybridized carbons (Fsp3) is 0.412. The Morgan fingerprint density at radius 3 is 2.65 bits per heavy atom. The number of H-pyrrole nitrogens is 1. The average Bonchev–Trinajstić information content (AvgIpc) is 2.81. The Labute approximate surface area is 122 Å². The highest BCUT2D eigenvalue weighted by Crippen LogP contribution is 2.28. The van der Waals surface area contributed by atoms with Gasteiger partial charge < -0.3 is 9.88 Å². The maximum Gasteiger partial charge on any atom is 0.0776 e. The monoisotopic (exact) mass is 284 g/mol. The minimum atomic E-state index is -1.25. The molecule has 1 aromatic carbocycles. The molecule has 0 amide bonds. The Bertz CT molecular complexity index is 661. The van der Waals surface area contributed by atoms with Crippen molar-refractivity contribution in [1.82, 2.24) is 9.88 Å². The first-order chi connectivity index (χ1) is 9.45. The molecule has 20 heavy (non-hydrogen) atoms. The Morgan fingerprint density at radius 1 is 1.20 bits per heavy atom. The second-order valence-corrected chi connectivity index (χ2v) is 12.0. The summed E-state index contributed by atoms with van der Waals surface area (Å²) in [5.74, 6) is 0. The van der Waals surface area contributed by atoms with Gasteiger partial charge in [0.15, 0.2) is 0 Å². The number of fused-ring (bicyclic) bond motifs is 1. The molecule has 2 heterocycles. The lowest BCUT2D eigenvalue weighted by Gasteiger charge is -2.22. The number of nitrogens with zero attached hydrogens (tertiary/aromatic N) is 1. The quantitative estimate of drug-likeness (QED) is 0.837. The van der Waals surface area contributed by atoms with Crippen molar-refractivity contribution in [2.75, 3.05) is 20.1 Å². The molecule has 106 valence electrons. The van der Waals surface area contributed by atoms with Gasteiger partial charge in [-0.1, -0.05) is 43.0 Å². The van der Waals surface area contributed by atoms with Crippen molar-refractivity contribution in [2.24, 2.45) is 0 Å². The van der Waals surface area contributed by atoms with Gasteiger partial charge in [-0.3, -0.25) is 0 Å². The third-order valence-electron chi connectivity index (χ3n) is 4.31. The molecule has 0 radical (unpaired) electrons. The highest BCUT2D eigenvalue weighted by Gasteiger charge is 2.19. The smallest absolute Gasteiger partial charge is 0.0776 e. The van der Waals surface area contributed by atoms with E-state index in [0.717, 1.165) is 19.5 Å². The summed E-state index contributed by atoms with van der Waals surface area (Å²) in [7, 11) is 0.937. The largest absolute Gasteiger partial charge is 0.361 e. The van der Waals surface area contributed by atoms with Crippen molar-refractivity contribution < 1.29 is 0 Å². The summed E-state index contributed by atoms with van der Waals surface area (Å²) in [5.41, 5.74) is 4.18. The predicted octanol–water partition coefficient (Wildman–Crippen LogP) is 3.43. The first-order valence-corrected chi connectivity index (χ1v) is 10.9. The molecule has 1 aliphatic rings. The minimum Gasteiger partial charge on any atom is -0.361 e. The minimum absolute atomic E-state index is 1.07. The van der Waals surface area contributed by atoms with Gasteiger partial charge in [-0.2, -0.15) is 0 Å². The molecule has 0 saturated heterocycles. The van der Waals surface area contributed by atoms with Crippen molar-refractivity contribution in [3.05, 3.63) is 36.0 Å². The molecule has 2 nitrogen and oxygen atoms in total. The van der Waals surface area contributed by atoms with Crippen molar-refractivity contribution in [3.63, 3.8) is 0 Å². The zero-order chi connectivity index (χ0) is 14.3. The summed E-state index contributed by atoms with van der Waals surface area (Å²) in [6.45, 7) is 9.46. The maximum atomic E-state index is 3.44. The van der Waals surface area contributed by atoms with Crippen LogP contribution in [0.5, 0.6) is 0 Å². The van der Waals surface area contributed by atoms with Crippen LogP contribution in [0.15, 0.2) is 30.5 Å². The van der Waals surface area contributed by atoms with E-state index in [9.17, 15) is 0 Å². The molecule has 0 atom stereocenters. The number of hydrogen-bond donors (Lipinski definition) is 1. The van der Waals surface area contributed by atoms with Crippen LogP contribution in [-0.2, 0) is 0 Å². The average molecular weight is 284 g/mol. The Kier molecular flexibility index (Phi) is 3.34. The molecule has 0 bridgehead atoms. The lowest BCUT2D eigenvalue weighted by atomic mass is 9.99. The number of nitrogens with one attached hydrogen (secondary N) is 1. The molecular weight excluding hydrogens is 260 g/mol. The molecule has 2 aromatic rings. The molecule has 0 aliphatic carbocycles. The SMILES string of the molecule is CN1CC=C(c2c[nH]c3ccc([Si](C)(C)C)cc23)CC1. The van der Waals surface area contributed by atoms with Gasteiger partial charge in [0.1, 0.15) is 0 Å². The van der Waals surface area contributed by atoms with Gasteiger partial charge in [-0.15, -0.1) is 0 Å². The van der Waals surface area contributed by atoms with Crippen molar-refractivity contribution in [3.8, 4) is 0 Å². The Hall–Kier alpha value is -1.32.